The molecule has 0 aliphatic rings. The van der Waals surface area contributed by atoms with E-state index in [9.17, 15) is 0 Å². The van der Waals surface area contributed by atoms with Gasteiger partial charge in [0.1, 0.15) is 5.75 Å². The molecule has 0 spiro atoms. The zero-order chi connectivity index (χ0) is 39.2. The predicted octanol–water partition coefficient (Wildman–Crippen LogP) is 2.27. The highest BCUT2D eigenvalue weighted by Gasteiger charge is 2.22. The Morgan fingerprint density at radius 3 is 1.11 bits per heavy atom. The summed E-state index contributed by atoms with van der Waals surface area (Å²) in [6, 6.07) is 5.59. The van der Waals surface area contributed by atoms with Crippen molar-refractivity contribution in [1.29, 1.82) is 0 Å². The number of ether oxygens (including phenoxy) is 15. The Labute approximate surface area is 323 Å². The molecule has 54 heavy (non-hydrogen) atoms. The molecule has 17 heteroatoms. The van der Waals surface area contributed by atoms with Gasteiger partial charge in [-0.1, -0.05) is 0 Å². The van der Waals surface area contributed by atoms with Gasteiger partial charge in [-0.15, -0.1) is 0 Å². The third-order valence-electron chi connectivity index (χ3n) is 7.18. The molecule has 1 aromatic rings. The van der Waals surface area contributed by atoms with Gasteiger partial charge in [0.25, 0.3) is 0 Å². The molecule has 0 fully saturated rings. The second-order valence-corrected chi connectivity index (χ2v) is 11.2. The largest absolute Gasteiger partial charge is 0.495 e. The average molecular weight is 783 g/mol. The summed E-state index contributed by atoms with van der Waals surface area (Å²) >= 11 is 0. The summed E-state index contributed by atoms with van der Waals surface area (Å²) in [6.07, 6.45) is -1.11. The minimum atomic E-state index is -0.556. The summed E-state index contributed by atoms with van der Waals surface area (Å²) in [5, 5.41) is 0. The number of methoxy groups -OCH3 is 3. The monoisotopic (exact) mass is 782 g/mol. The van der Waals surface area contributed by atoms with Crippen molar-refractivity contribution in [2.45, 2.75) is 26.4 Å². The standard InChI is InChI=1S/C37H70N2O15/c1-6-51-36(53-28-26-49-24-22-47-20-18-45-16-14-43-12-10-40-3)31-39(33-8-9-34(38)35(30-33)42-5)32-37(52-7-2)54-29-27-50-25-23-48-21-19-46-17-15-44-13-11-41-4/h8-9,30,36-37H,6-7,10-29,31-32,38H2,1-5H3. The van der Waals surface area contributed by atoms with E-state index in [1.165, 1.54) is 0 Å². The van der Waals surface area contributed by atoms with Crippen molar-refractivity contribution in [3.8, 4) is 5.75 Å². The first kappa shape index (κ1) is 50.1. The fourth-order valence-corrected chi connectivity index (χ4v) is 4.51. The molecule has 318 valence electrons. The number of rotatable bonds is 42. The van der Waals surface area contributed by atoms with Crippen LogP contribution >= 0.6 is 0 Å². The number of benzene rings is 1. The van der Waals surface area contributed by atoms with E-state index >= 15 is 0 Å². The lowest BCUT2D eigenvalue weighted by molar-refractivity contribution is -0.153. The Balaban J connectivity index is 2.46. The molecule has 0 saturated carbocycles. The van der Waals surface area contributed by atoms with Crippen molar-refractivity contribution in [2.75, 3.05) is 190 Å². The number of hydrogen-bond acceptors (Lipinski definition) is 17. The Morgan fingerprint density at radius 2 is 0.796 bits per heavy atom. The van der Waals surface area contributed by atoms with Crippen molar-refractivity contribution >= 4 is 11.4 Å². The van der Waals surface area contributed by atoms with E-state index in [1.54, 1.807) is 27.4 Å². The first-order valence-electron chi connectivity index (χ1n) is 18.8. The highest BCUT2D eigenvalue weighted by Crippen LogP contribution is 2.28. The van der Waals surface area contributed by atoms with E-state index in [-0.39, 0.29) is 0 Å². The summed E-state index contributed by atoms with van der Waals surface area (Å²) < 4.78 is 83.7. The second-order valence-electron chi connectivity index (χ2n) is 11.2. The lowest BCUT2D eigenvalue weighted by Gasteiger charge is -2.32. The number of hydrogen-bond donors (Lipinski definition) is 1. The van der Waals surface area contributed by atoms with Crippen molar-refractivity contribution < 1.29 is 71.1 Å². The quantitative estimate of drug-likeness (QED) is 0.0582. The van der Waals surface area contributed by atoms with Crippen LogP contribution in [0.3, 0.4) is 0 Å². The van der Waals surface area contributed by atoms with Crippen LogP contribution in [-0.4, -0.2) is 192 Å². The van der Waals surface area contributed by atoms with Gasteiger partial charge in [-0.3, -0.25) is 0 Å². The fraction of sp³-hybridized carbons (Fsp3) is 0.838. The van der Waals surface area contributed by atoms with Crippen molar-refractivity contribution in [2.24, 2.45) is 0 Å². The number of nitrogen functional groups attached to an aromatic ring is 1. The minimum Gasteiger partial charge on any atom is -0.495 e. The number of nitrogens with zero attached hydrogens (tertiary/aromatic N) is 1. The van der Waals surface area contributed by atoms with E-state index in [0.29, 0.717) is 170 Å². The zero-order valence-electron chi connectivity index (χ0n) is 33.5. The van der Waals surface area contributed by atoms with E-state index in [2.05, 4.69) is 4.90 Å². The zero-order valence-corrected chi connectivity index (χ0v) is 33.5. The Morgan fingerprint density at radius 1 is 0.463 bits per heavy atom. The van der Waals surface area contributed by atoms with Gasteiger partial charge in [0.05, 0.1) is 158 Å². The van der Waals surface area contributed by atoms with E-state index in [1.807, 2.05) is 26.0 Å². The highest BCUT2D eigenvalue weighted by molar-refractivity contribution is 5.62. The maximum atomic E-state index is 6.12. The molecule has 2 unspecified atom stereocenters. The Bertz CT molecular complexity index is 893. The van der Waals surface area contributed by atoms with E-state index in [4.69, 9.17) is 76.8 Å². The van der Waals surface area contributed by atoms with Crippen LogP contribution in [0.25, 0.3) is 0 Å². The van der Waals surface area contributed by atoms with Crippen molar-refractivity contribution in [3.63, 3.8) is 0 Å². The maximum absolute atomic E-state index is 6.12. The van der Waals surface area contributed by atoms with Gasteiger partial charge in [-0.05, 0) is 26.0 Å². The van der Waals surface area contributed by atoms with Crippen LogP contribution in [0.15, 0.2) is 18.2 Å². The lowest BCUT2D eigenvalue weighted by atomic mass is 10.2. The van der Waals surface area contributed by atoms with Gasteiger partial charge < -0.3 is 81.7 Å². The molecular weight excluding hydrogens is 712 g/mol. The molecule has 0 aliphatic carbocycles. The third-order valence-corrected chi connectivity index (χ3v) is 7.18. The molecule has 2 N–H and O–H groups in total. The van der Waals surface area contributed by atoms with Crippen LogP contribution in [-0.2, 0) is 66.3 Å². The molecular formula is C37H70N2O15. The Hall–Kier alpha value is -1.94. The van der Waals surface area contributed by atoms with Gasteiger partial charge in [0.15, 0.2) is 12.6 Å². The molecule has 0 heterocycles. The number of nitrogens with two attached hydrogens (primary N) is 1. The van der Waals surface area contributed by atoms with Crippen LogP contribution in [0, 0.1) is 0 Å². The highest BCUT2D eigenvalue weighted by atomic mass is 16.7. The van der Waals surface area contributed by atoms with Crippen LogP contribution in [0.5, 0.6) is 5.75 Å². The molecule has 0 bridgehead atoms. The van der Waals surface area contributed by atoms with Crippen LogP contribution in [0.4, 0.5) is 11.4 Å². The minimum absolute atomic E-state index is 0.333. The Kier molecular flexibility index (Phi) is 35.2. The maximum Gasteiger partial charge on any atom is 0.174 e. The molecule has 0 aromatic heterocycles. The van der Waals surface area contributed by atoms with Crippen LogP contribution in [0.1, 0.15) is 13.8 Å². The topological polar surface area (TPSA) is 168 Å². The van der Waals surface area contributed by atoms with Gasteiger partial charge in [0, 0.05) is 39.2 Å². The predicted molar refractivity (Wildman–Crippen MR) is 203 cm³/mol. The molecule has 1 aromatic carbocycles. The summed E-state index contributed by atoms with van der Waals surface area (Å²) in [4.78, 5) is 2.06. The van der Waals surface area contributed by atoms with Gasteiger partial charge >= 0.3 is 0 Å². The molecule has 2 atom stereocenters. The third kappa shape index (κ3) is 28.5. The second kappa shape index (κ2) is 38.0. The van der Waals surface area contributed by atoms with Crippen LogP contribution in [0.2, 0.25) is 0 Å². The molecule has 17 nitrogen and oxygen atoms in total. The number of anilines is 2. The summed E-state index contributed by atoms with van der Waals surface area (Å²) in [7, 11) is 4.87. The van der Waals surface area contributed by atoms with Crippen molar-refractivity contribution in [3.05, 3.63) is 18.2 Å². The van der Waals surface area contributed by atoms with Gasteiger partial charge in [-0.2, -0.15) is 0 Å². The van der Waals surface area contributed by atoms with Gasteiger partial charge in [-0.25, -0.2) is 0 Å². The SMILES string of the molecule is CCOC(CN(CC(OCC)OCCOCCOCCOCCOCCOC)c1ccc(N)c(OC)c1)OCCOCCOCCOCCOCCOC. The smallest absolute Gasteiger partial charge is 0.174 e. The average Bonchev–Trinajstić information content (AvgIpc) is 3.17. The first-order chi connectivity index (χ1) is 26.6. The van der Waals surface area contributed by atoms with Crippen LogP contribution < -0.4 is 15.4 Å². The normalized spacial score (nSPS) is 12.7. The molecule has 0 radical (unpaired) electrons. The molecule has 0 aliphatic heterocycles. The summed E-state index contributed by atoms with van der Waals surface area (Å²) in [5.74, 6) is 0.559. The van der Waals surface area contributed by atoms with Crippen molar-refractivity contribution in [1.82, 2.24) is 0 Å². The van der Waals surface area contributed by atoms with E-state index in [0.717, 1.165) is 5.69 Å². The first-order valence-corrected chi connectivity index (χ1v) is 18.8. The summed E-state index contributed by atoms with van der Waals surface area (Å²) in [6.45, 7) is 15.0. The molecule has 0 amide bonds. The van der Waals surface area contributed by atoms with E-state index < -0.39 is 12.6 Å². The van der Waals surface area contributed by atoms with Gasteiger partial charge in [0.2, 0.25) is 0 Å². The fourth-order valence-electron chi connectivity index (χ4n) is 4.51. The lowest BCUT2D eigenvalue weighted by Crippen LogP contribution is -2.42. The molecule has 1 rings (SSSR count). The summed E-state index contributed by atoms with van der Waals surface area (Å²) in [5.41, 5.74) is 7.50. The molecule has 0 saturated heterocycles.